The predicted octanol–water partition coefficient (Wildman–Crippen LogP) is 2.40. The fraction of sp³-hybridized carbons (Fsp3) is 0.0714. The molecule has 0 spiro atoms. The number of amides is 1. The number of aryl methyl sites for hydroxylation is 1. The second-order valence-corrected chi connectivity index (χ2v) is 5.19. The van der Waals surface area contributed by atoms with Crippen molar-refractivity contribution in [2.24, 2.45) is 0 Å². The number of carbonyl (C=O) groups excluding carboxylic acids is 1. The molecule has 0 aliphatic carbocycles. The Hall–Kier alpha value is -2.41. The van der Waals surface area contributed by atoms with Crippen LogP contribution in [0.25, 0.3) is 0 Å². The van der Waals surface area contributed by atoms with E-state index in [1.165, 1.54) is 24.3 Å². The van der Waals surface area contributed by atoms with Crippen LogP contribution in [0.1, 0.15) is 26.4 Å². The van der Waals surface area contributed by atoms with E-state index in [1.807, 2.05) is 0 Å². The summed E-state index contributed by atoms with van der Waals surface area (Å²) >= 11 is 3.22. The number of carbonyl (C=O) groups is 2. The SMILES string of the molecule is Cc1ccc(C(=O)Nc2cc(C(=O)O)ccc2Br)c(=O)[nH]1. The number of carboxylic acids is 1. The van der Waals surface area contributed by atoms with Crippen LogP contribution in [-0.2, 0) is 0 Å². The van der Waals surface area contributed by atoms with Crippen molar-refractivity contribution < 1.29 is 14.7 Å². The van der Waals surface area contributed by atoms with Gasteiger partial charge in [0.15, 0.2) is 0 Å². The van der Waals surface area contributed by atoms with Gasteiger partial charge in [0.25, 0.3) is 11.5 Å². The molecule has 1 heterocycles. The molecular formula is C14H11BrN2O4. The van der Waals surface area contributed by atoms with Crippen molar-refractivity contribution in [1.29, 1.82) is 0 Å². The lowest BCUT2D eigenvalue weighted by Crippen LogP contribution is -2.23. The monoisotopic (exact) mass is 350 g/mol. The lowest BCUT2D eigenvalue weighted by Gasteiger charge is -2.08. The summed E-state index contributed by atoms with van der Waals surface area (Å²) in [6.07, 6.45) is 0. The number of benzene rings is 1. The molecule has 1 amide bonds. The Morgan fingerprint density at radius 1 is 1.24 bits per heavy atom. The van der Waals surface area contributed by atoms with Crippen molar-refractivity contribution >= 4 is 33.5 Å². The topological polar surface area (TPSA) is 99.3 Å². The highest BCUT2D eigenvalue weighted by molar-refractivity contribution is 9.10. The molecule has 0 saturated carbocycles. The fourth-order valence-electron chi connectivity index (χ4n) is 1.69. The van der Waals surface area contributed by atoms with Crippen LogP contribution < -0.4 is 10.9 Å². The van der Waals surface area contributed by atoms with Gasteiger partial charge in [-0.25, -0.2) is 4.79 Å². The fourth-order valence-corrected chi connectivity index (χ4v) is 2.04. The molecule has 0 saturated heterocycles. The molecule has 1 aromatic carbocycles. The van der Waals surface area contributed by atoms with Crippen LogP contribution in [0.15, 0.2) is 39.6 Å². The first-order chi connectivity index (χ1) is 9.88. The summed E-state index contributed by atoms with van der Waals surface area (Å²) in [6, 6.07) is 7.25. The van der Waals surface area contributed by atoms with E-state index < -0.39 is 17.4 Å². The standard InChI is InChI=1S/C14H11BrN2O4/c1-7-2-4-9(12(18)16-7)13(19)17-11-6-8(14(20)21)3-5-10(11)15/h2-6H,1H3,(H,16,18)(H,17,19)(H,20,21). The van der Waals surface area contributed by atoms with Crippen LogP contribution in [0.2, 0.25) is 0 Å². The Morgan fingerprint density at radius 2 is 1.95 bits per heavy atom. The number of carboxylic acid groups (broad SMARTS) is 1. The minimum atomic E-state index is -1.11. The minimum absolute atomic E-state index is 0.0336. The van der Waals surface area contributed by atoms with Crippen LogP contribution >= 0.6 is 15.9 Å². The summed E-state index contributed by atoms with van der Waals surface area (Å²) in [5, 5.41) is 11.5. The molecule has 2 rings (SSSR count). The van der Waals surface area contributed by atoms with Gasteiger partial charge in [-0.05, 0) is 53.2 Å². The van der Waals surface area contributed by atoms with Crippen LogP contribution in [0, 0.1) is 6.92 Å². The minimum Gasteiger partial charge on any atom is -0.478 e. The predicted molar refractivity (Wildman–Crippen MR) is 80.9 cm³/mol. The summed E-state index contributed by atoms with van der Waals surface area (Å²) in [4.78, 5) is 37.2. The van der Waals surface area contributed by atoms with Crippen LogP contribution in [-0.4, -0.2) is 22.0 Å². The third-order valence-electron chi connectivity index (χ3n) is 2.76. The first kappa shape index (κ1) is 15.0. The van der Waals surface area contributed by atoms with Crippen molar-refractivity contribution in [2.75, 3.05) is 5.32 Å². The number of aromatic nitrogens is 1. The van der Waals surface area contributed by atoms with E-state index in [2.05, 4.69) is 26.2 Å². The average molecular weight is 351 g/mol. The molecule has 3 N–H and O–H groups in total. The maximum absolute atomic E-state index is 12.1. The number of aromatic carboxylic acids is 1. The summed E-state index contributed by atoms with van der Waals surface area (Å²) in [5.41, 5.74) is 0.406. The van der Waals surface area contributed by atoms with Crippen molar-refractivity contribution in [1.82, 2.24) is 4.98 Å². The molecule has 0 aliphatic rings. The Labute approximate surface area is 127 Å². The maximum Gasteiger partial charge on any atom is 0.335 e. The molecule has 0 atom stereocenters. The zero-order valence-corrected chi connectivity index (χ0v) is 12.5. The molecule has 7 heteroatoms. The van der Waals surface area contributed by atoms with E-state index >= 15 is 0 Å². The summed E-state index contributed by atoms with van der Waals surface area (Å²) < 4.78 is 0.518. The van der Waals surface area contributed by atoms with Gasteiger partial charge < -0.3 is 15.4 Å². The van der Waals surface area contributed by atoms with Crippen molar-refractivity contribution in [3.05, 3.63) is 62.0 Å². The molecule has 108 valence electrons. The van der Waals surface area contributed by atoms with Crippen LogP contribution in [0.5, 0.6) is 0 Å². The second kappa shape index (κ2) is 5.92. The molecule has 0 unspecified atom stereocenters. The molecule has 6 nitrogen and oxygen atoms in total. The molecule has 2 aromatic rings. The van der Waals surface area contributed by atoms with Gasteiger partial charge >= 0.3 is 5.97 Å². The molecule has 1 aromatic heterocycles. The lowest BCUT2D eigenvalue weighted by atomic mass is 10.2. The number of nitrogens with one attached hydrogen (secondary N) is 2. The highest BCUT2D eigenvalue weighted by atomic mass is 79.9. The molecule has 0 fully saturated rings. The number of aromatic amines is 1. The largest absolute Gasteiger partial charge is 0.478 e. The van der Waals surface area contributed by atoms with E-state index in [1.54, 1.807) is 13.0 Å². The Bertz CT molecular complexity index is 783. The summed E-state index contributed by atoms with van der Waals surface area (Å²) in [5.74, 6) is -1.72. The molecule has 0 bridgehead atoms. The first-order valence-electron chi connectivity index (χ1n) is 5.92. The lowest BCUT2D eigenvalue weighted by molar-refractivity contribution is 0.0696. The highest BCUT2D eigenvalue weighted by Crippen LogP contribution is 2.24. The van der Waals surface area contributed by atoms with E-state index in [-0.39, 0.29) is 16.8 Å². The Kier molecular flexibility index (Phi) is 4.23. The number of H-pyrrole nitrogens is 1. The molecule has 0 aliphatic heterocycles. The van der Waals surface area contributed by atoms with Gasteiger partial charge in [-0.15, -0.1) is 0 Å². The number of hydrogen-bond donors (Lipinski definition) is 3. The average Bonchev–Trinajstić information content (AvgIpc) is 2.40. The number of anilines is 1. The van der Waals surface area contributed by atoms with Gasteiger partial charge in [0.1, 0.15) is 5.56 Å². The third kappa shape index (κ3) is 3.38. The summed E-state index contributed by atoms with van der Waals surface area (Å²) in [6.45, 7) is 1.70. The van der Waals surface area contributed by atoms with E-state index in [9.17, 15) is 14.4 Å². The maximum atomic E-state index is 12.1. The Balaban J connectivity index is 2.33. The molecule has 21 heavy (non-hydrogen) atoms. The number of halogens is 1. The van der Waals surface area contributed by atoms with Crippen molar-refractivity contribution in [3.63, 3.8) is 0 Å². The molecular weight excluding hydrogens is 340 g/mol. The highest BCUT2D eigenvalue weighted by Gasteiger charge is 2.14. The normalized spacial score (nSPS) is 10.2. The van der Waals surface area contributed by atoms with Gasteiger partial charge in [-0.3, -0.25) is 9.59 Å². The van der Waals surface area contributed by atoms with Gasteiger partial charge in [0.2, 0.25) is 0 Å². The van der Waals surface area contributed by atoms with Gasteiger partial charge in [-0.1, -0.05) is 0 Å². The van der Waals surface area contributed by atoms with Gasteiger partial charge in [0, 0.05) is 10.2 Å². The summed E-state index contributed by atoms with van der Waals surface area (Å²) in [7, 11) is 0. The quantitative estimate of drug-likeness (QED) is 0.791. The van der Waals surface area contributed by atoms with Crippen LogP contribution in [0.3, 0.4) is 0 Å². The smallest absolute Gasteiger partial charge is 0.335 e. The Morgan fingerprint density at radius 3 is 2.57 bits per heavy atom. The van der Waals surface area contributed by atoms with Gasteiger partial charge in [0.05, 0.1) is 11.3 Å². The third-order valence-corrected chi connectivity index (χ3v) is 3.45. The zero-order valence-electron chi connectivity index (χ0n) is 10.9. The first-order valence-corrected chi connectivity index (χ1v) is 6.72. The number of pyridine rings is 1. The molecule has 0 radical (unpaired) electrons. The zero-order chi connectivity index (χ0) is 15.6. The van der Waals surface area contributed by atoms with E-state index in [0.717, 1.165) is 0 Å². The van der Waals surface area contributed by atoms with Crippen molar-refractivity contribution in [2.45, 2.75) is 6.92 Å². The van der Waals surface area contributed by atoms with Gasteiger partial charge in [-0.2, -0.15) is 0 Å². The number of hydrogen-bond acceptors (Lipinski definition) is 3. The van der Waals surface area contributed by atoms with Crippen LogP contribution in [0.4, 0.5) is 5.69 Å². The van der Waals surface area contributed by atoms with E-state index in [0.29, 0.717) is 10.2 Å². The number of rotatable bonds is 3. The second-order valence-electron chi connectivity index (χ2n) is 4.34. The van der Waals surface area contributed by atoms with Crippen molar-refractivity contribution in [3.8, 4) is 0 Å². The van der Waals surface area contributed by atoms with E-state index in [4.69, 9.17) is 5.11 Å².